The molecule has 0 aliphatic carbocycles. The molecule has 0 saturated heterocycles. The molecule has 0 heterocycles. The van der Waals surface area contributed by atoms with Crippen molar-refractivity contribution in [2.75, 3.05) is 6.61 Å². The van der Waals surface area contributed by atoms with Crippen molar-refractivity contribution in [3.8, 4) is 5.75 Å². The second-order valence-corrected chi connectivity index (χ2v) is 3.64. The summed E-state index contributed by atoms with van der Waals surface area (Å²) >= 11 is 0. The molecule has 0 amide bonds. The summed E-state index contributed by atoms with van der Waals surface area (Å²) < 4.78 is 40.8. The van der Waals surface area contributed by atoms with Gasteiger partial charge in [0, 0.05) is 0 Å². The summed E-state index contributed by atoms with van der Waals surface area (Å²) in [7, 11) is 0. The average molecular weight is 248 g/mol. The number of rotatable bonds is 4. The van der Waals surface area contributed by atoms with Gasteiger partial charge in [0.15, 0.2) is 11.6 Å². The topological polar surface area (TPSA) is 9.23 Å². The van der Waals surface area contributed by atoms with Crippen molar-refractivity contribution in [2.24, 2.45) is 0 Å². The highest BCUT2D eigenvalue weighted by atomic mass is 19.3. The fourth-order valence-electron chi connectivity index (χ4n) is 0.874. The van der Waals surface area contributed by atoms with E-state index in [-0.39, 0.29) is 5.75 Å². The van der Waals surface area contributed by atoms with Crippen molar-refractivity contribution in [3.63, 3.8) is 0 Å². The quantitative estimate of drug-likeness (QED) is 0.757. The standard InChI is InChI=1S/C9H9F3O.C4H10/c1-6-2-3-7(10)8(4-6)13-5-9(11)12;1-3-4-2/h2-4,9H,5H2,1H3;3-4H2,1-2H3. The van der Waals surface area contributed by atoms with Crippen LogP contribution in [-0.2, 0) is 0 Å². The molecule has 0 aromatic heterocycles. The average Bonchev–Trinajstić information content (AvgIpc) is 2.30. The first-order valence-corrected chi connectivity index (χ1v) is 5.68. The van der Waals surface area contributed by atoms with Gasteiger partial charge in [0.2, 0.25) is 0 Å². The molecule has 98 valence electrons. The molecule has 1 aromatic carbocycles. The highest BCUT2D eigenvalue weighted by Gasteiger charge is 2.07. The fourth-order valence-corrected chi connectivity index (χ4v) is 0.874. The molecule has 0 atom stereocenters. The van der Waals surface area contributed by atoms with Crippen LogP contribution in [0.5, 0.6) is 5.75 Å². The molecule has 1 rings (SSSR count). The number of halogens is 3. The predicted molar refractivity (Wildman–Crippen MR) is 63.2 cm³/mol. The number of ether oxygens (including phenoxy) is 1. The predicted octanol–water partition coefficient (Wildman–Crippen LogP) is 4.58. The normalized spacial score (nSPS) is 9.82. The first-order valence-electron chi connectivity index (χ1n) is 5.68. The second kappa shape index (κ2) is 8.90. The van der Waals surface area contributed by atoms with Crippen LogP contribution >= 0.6 is 0 Å². The third-order valence-electron chi connectivity index (χ3n) is 1.95. The molecule has 1 aromatic rings. The third kappa shape index (κ3) is 7.66. The summed E-state index contributed by atoms with van der Waals surface area (Å²) in [5.41, 5.74) is 0.769. The molecule has 0 N–H and O–H groups in total. The van der Waals surface area contributed by atoms with E-state index >= 15 is 0 Å². The lowest BCUT2D eigenvalue weighted by atomic mass is 10.2. The molecule has 1 nitrogen and oxygen atoms in total. The van der Waals surface area contributed by atoms with Gasteiger partial charge in [-0.05, 0) is 24.6 Å². The van der Waals surface area contributed by atoms with Crippen LogP contribution in [0.2, 0.25) is 0 Å². The minimum absolute atomic E-state index is 0.125. The van der Waals surface area contributed by atoms with Crippen LogP contribution < -0.4 is 4.74 Å². The lowest BCUT2D eigenvalue weighted by Crippen LogP contribution is -2.08. The number of aryl methyl sites for hydroxylation is 1. The Balaban J connectivity index is 0.000000557. The van der Waals surface area contributed by atoms with E-state index in [4.69, 9.17) is 0 Å². The van der Waals surface area contributed by atoms with Crippen LogP contribution in [0, 0.1) is 12.7 Å². The molecule has 0 radical (unpaired) electrons. The van der Waals surface area contributed by atoms with Gasteiger partial charge in [-0.25, -0.2) is 13.2 Å². The van der Waals surface area contributed by atoms with Crippen molar-refractivity contribution in [1.82, 2.24) is 0 Å². The van der Waals surface area contributed by atoms with Gasteiger partial charge in [-0.15, -0.1) is 0 Å². The van der Waals surface area contributed by atoms with Crippen LogP contribution in [-0.4, -0.2) is 13.0 Å². The summed E-state index contributed by atoms with van der Waals surface area (Å²) in [5.74, 6) is -0.744. The van der Waals surface area contributed by atoms with Gasteiger partial charge in [0.05, 0.1) is 0 Å². The molecule has 0 fully saturated rings. The molecular formula is C13H19F3O. The Morgan fingerprint density at radius 1 is 1.18 bits per heavy atom. The number of alkyl halides is 2. The van der Waals surface area contributed by atoms with E-state index in [1.165, 1.54) is 25.0 Å². The maximum Gasteiger partial charge on any atom is 0.272 e. The lowest BCUT2D eigenvalue weighted by molar-refractivity contribution is 0.0799. The monoisotopic (exact) mass is 248 g/mol. The third-order valence-corrected chi connectivity index (χ3v) is 1.95. The number of unbranched alkanes of at least 4 members (excludes halogenated alkanes) is 1. The molecule has 0 saturated carbocycles. The van der Waals surface area contributed by atoms with Crippen LogP contribution in [0.1, 0.15) is 32.3 Å². The van der Waals surface area contributed by atoms with Crippen molar-refractivity contribution >= 4 is 0 Å². The molecule has 0 aliphatic rings. The van der Waals surface area contributed by atoms with E-state index in [9.17, 15) is 13.2 Å². The summed E-state index contributed by atoms with van der Waals surface area (Å²) in [5, 5.41) is 0. The summed E-state index contributed by atoms with van der Waals surface area (Å²) in [6.07, 6.45) is 0.0555. The highest BCUT2D eigenvalue weighted by Crippen LogP contribution is 2.18. The van der Waals surface area contributed by atoms with Gasteiger partial charge in [-0.2, -0.15) is 0 Å². The Kier molecular flexibility index (Phi) is 8.28. The molecular weight excluding hydrogens is 229 g/mol. The van der Waals surface area contributed by atoms with Gasteiger partial charge in [0.25, 0.3) is 6.43 Å². The molecule has 0 aliphatic heterocycles. The van der Waals surface area contributed by atoms with Gasteiger partial charge < -0.3 is 4.74 Å². The Morgan fingerprint density at radius 3 is 2.24 bits per heavy atom. The number of hydrogen-bond donors (Lipinski definition) is 0. The van der Waals surface area contributed by atoms with Crippen LogP contribution in [0.15, 0.2) is 18.2 Å². The zero-order valence-electron chi connectivity index (χ0n) is 10.5. The Labute approximate surface area is 101 Å². The van der Waals surface area contributed by atoms with Crippen molar-refractivity contribution in [2.45, 2.75) is 40.0 Å². The van der Waals surface area contributed by atoms with Crippen molar-refractivity contribution < 1.29 is 17.9 Å². The van der Waals surface area contributed by atoms with Crippen LogP contribution in [0.4, 0.5) is 13.2 Å². The first-order chi connectivity index (χ1) is 8.01. The lowest BCUT2D eigenvalue weighted by Gasteiger charge is -2.06. The molecule has 0 unspecified atom stereocenters. The smallest absolute Gasteiger partial charge is 0.272 e. The van der Waals surface area contributed by atoms with E-state index in [1.807, 2.05) is 0 Å². The highest BCUT2D eigenvalue weighted by molar-refractivity contribution is 5.29. The fraction of sp³-hybridized carbons (Fsp3) is 0.538. The molecule has 4 heteroatoms. The van der Waals surface area contributed by atoms with Gasteiger partial charge >= 0.3 is 0 Å². The first kappa shape index (κ1) is 15.8. The SMILES string of the molecule is CCCC.Cc1ccc(F)c(OCC(F)F)c1. The van der Waals surface area contributed by atoms with Gasteiger partial charge in [-0.3, -0.25) is 0 Å². The summed E-state index contributed by atoms with van der Waals surface area (Å²) in [6, 6.07) is 4.12. The van der Waals surface area contributed by atoms with Crippen molar-refractivity contribution in [1.29, 1.82) is 0 Å². The van der Waals surface area contributed by atoms with E-state index in [2.05, 4.69) is 18.6 Å². The van der Waals surface area contributed by atoms with E-state index in [0.717, 1.165) is 5.56 Å². The number of hydrogen-bond acceptors (Lipinski definition) is 1. The molecule has 17 heavy (non-hydrogen) atoms. The minimum Gasteiger partial charge on any atom is -0.485 e. The van der Waals surface area contributed by atoms with E-state index < -0.39 is 18.8 Å². The Bertz CT molecular complexity index is 312. The molecule has 0 bridgehead atoms. The van der Waals surface area contributed by atoms with Crippen LogP contribution in [0.3, 0.4) is 0 Å². The van der Waals surface area contributed by atoms with Gasteiger partial charge in [-0.1, -0.05) is 32.8 Å². The number of benzene rings is 1. The summed E-state index contributed by atoms with van der Waals surface area (Å²) in [6.45, 7) is 5.31. The largest absolute Gasteiger partial charge is 0.485 e. The Hall–Kier alpha value is -1.19. The Morgan fingerprint density at radius 2 is 1.76 bits per heavy atom. The summed E-state index contributed by atoms with van der Waals surface area (Å²) in [4.78, 5) is 0. The maximum atomic E-state index is 12.9. The van der Waals surface area contributed by atoms with E-state index in [0.29, 0.717) is 0 Å². The van der Waals surface area contributed by atoms with E-state index in [1.54, 1.807) is 13.0 Å². The second-order valence-electron chi connectivity index (χ2n) is 3.64. The van der Waals surface area contributed by atoms with Gasteiger partial charge in [0.1, 0.15) is 6.61 Å². The zero-order chi connectivity index (χ0) is 13.3. The zero-order valence-corrected chi connectivity index (χ0v) is 10.5. The van der Waals surface area contributed by atoms with Crippen molar-refractivity contribution in [3.05, 3.63) is 29.6 Å². The maximum absolute atomic E-state index is 12.9. The molecule has 0 spiro atoms. The minimum atomic E-state index is -2.58. The van der Waals surface area contributed by atoms with Crippen LogP contribution in [0.25, 0.3) is 0 Å².